The van der Waals surface area contributed by atoms with E-state index >= 15 is 0 Å². The molecule has 0 amide bonds. The number of allylic oxidation sites excluding steroid dienone is 1. The molecule has 0 saturated carbocycles. The van der Waals surface area contributed by atoms with Crippen molar-refractivity contribution in [3.8, 4) is 6.07 Å². The number of methoxy groups -OCH3 is 2. The van der Waals surface area contributed by atoms with Crippen LogP contribution in [0, 0.1) is 18.3 Å². The van der Waals surface area contributed by atoms with Crippen LogP contribution in [-0.2, 0) is 29.1 Å². The zero-order valence-corrected chi connectivity index (χ0v) is 20.3. The van der Waals surface area contributed by atoms with E-state index in [1.165, 1.54) is 11.0 Å². The van der Waals surface area contributed by atoms with Gasteiger partial charge in [-0.3, -0.25) is 9.62 Å². The lowest BCUT2D eigenvalue weighted by atomic mass is 9.81. The van der Waals surface area contributed by atoms with Crippen LogP contribution in [-0.4, -0.2) is 40.8 Å². The minimum atomic E-state index is -3.63. The number of benzene rings is 2. The standard InChI is InChI=1S/C24H24N4O6S/c1-14-10-11-16(12-18(14)27-35(4,31)32)28-21(24(30)34-3)20(23(29)33-2)19(17(13-25)22(28)26)15-8-6-5-7-9-15/h5-12,19,27H,26H2,1-4H3. The minimum absolute atomic E-state index is 0.00227. The van der Waals surface area contributed by atoms with E-state index in [2.05, 4.69) is 10.8 Å². The number of aryl methyl sites for hydroxylation is 1. The fourth-order valence-corrected chi connectivity index (χ4v) is 4.46. The molecule has 0 radical (unpaired) electrons. The van der Waals surface area contributed by atoms with E-state index in [0.717, 1.165) is 20.5 Å². The maximum absolute atomic E-state index is 13.1. The maximum Gasteiger partial charge on any atom is 0.355 e. The summed E-state index contributed by atoms with van der Waals surface area (Å²) in [6.07, 6.45) is 1.00. The first-order valence-electron chi connectivity index (χ1n) is 10.3. The molecule has 0 saturated heterocycles. The Bertz CT molecular complexity index is 1390. The molecule has 0 fully saturated rings. The number of ether oxygens (including phenoxy) is 2. The molecule has 3 rings (SSSR count). The lowest BCUT2D eigenvalue weighted by molar-refractivity contribution is -0.139. The molecule has 182 valence electrons. The number of nitriles is 1. The van der Waals surface area contributed by atoms with E-state index in [1.807, 2.05) is 0 Å². The van der Waals surface area contributed by atoms with Gasteiger partial charge >= 0.3 is 11.9 Å². The number of nitrogens with zero attached hydrogens (tertiary/aromatic N) is 2. The molecule has 35 heavy (non-hydrogen) atoms. The van der Waals surface area contributed by atoms with Gasteiger partial charge in [-0.15, -0.1) is 0 Å². The number of hydrogen-bond donors (Lipinski definition) is 2. The molecule has 0 spiro atoms. The van der Waals surface area contributed by atoms with Gasteiger partial charge in [0.1, 0.15) is 11.5 Å². The highest BCUT2D eigenvalue weighted by atomic mass is 32.2. The van der Waals surface area contributed by atoms with Crippen LogP contribution in [0.5, 0.6) is 0 Å². The van der Waals surface area contributed by atoms with Crippen LogP contribution < -0.4 is 15.4 Å². The predicted molar refractivity (Wildman–Crippen MR) is 129 cm³/mol. The number of hydrogen-bond acceptors (Lipinski definition) is 9. The number of nitrogens with one attached hydrogen (secondary N) is 1. The van der Waals surface area contributed by atoms with Gasteiger partial charge in [-0.2, -0.15) is 5.26 Å². The van der Waals surface area contributed by atoms with Gasteiger partial charge in [0.25, 0.3) is 0 Å². The summed E-state index contributed by atoms with van der Waals surface area (Å²) < 4.78 is 36.1. The van der Waals surface area contributed by atoms with Gasteiger partial charge in [-0.25, -0.2) is 18.0 Å². The van der Waals surface area contributed by atoms with Crippen LogP contribution in [0.2, 0.25) is 0 Å². The van der Waals surface area contributed by atoms with Crippen LogP contribution >= 0.6 is 0 Å². The molecule has 1 aliphatic heterocycles. The van der Waals surface area contributed by atoms with Crippen LogP contribution in [0.3, 0.4) is 0 Å². The van der Waals surface area contributed by atoms with Gasteiger partial charge in [-0.1, -0.05) is 36.4 Å². The second kappa shape index (κ2) is 9.90. The molecule has 11 heteroatoms. The number of nitrogens with two attached hydrogens (primary N) is 1. The lowest BCUT2D eigenvalue weighted by Crippen LogP contribution is -2.40. The summed E-state index contributed by atoms with van der Waals surface area (Å²) in [7, 11) is -1.32. The topological polar surface area (TPSA) is 152 Å². The van der Waals surface area contributed by atoms with Gasteiger partial charge in [-0.05, 0) is 30.2 Å². The van der Waals surface area contributed by atoms with Crippen molar-refractivity contribution in [1.82, 2.24) is 0 Å². The van der Waals surface area contributed by atoms with Gasteiger partial charge < -0.3 is 15.2 Å². The summed E-state index contributed by atoms with van der Waals surface area (Å²) in [6, 6.07) is 15.3. The molecular formula is C24H24N4O6S. The molecule has 1 heterocycles. The van der Waals surface area contributed by atoms with Crippen molar-refractivity contribution >= 4 is 33.3 Å². The fraction of sp³-hybridized carbons (Fsp3) is 0.208. The predicted octanol–water partition coefficient (Wildman–Crippen LogP) is 2.26. The molecule has 10 nitrogen and oxygen atoms in total. The first kappa shape index (κ1) is 25.3. The van der Waals surface area contributed by atoms with Crippen molar-refractivity contribution in [1.29, 1.82) is 5.26 Å². The Labute approximate surface area is 203 Å². The smallest absolute Gasteiger partial charge is 0.355 e. The molecule has 0 aromatic heterocycles. The molecule has 2 aromatic rings. The average molecular weight is 497 g/mol. The van der Waals surface area contributed by atoms with E-state index in [4.69, 9.17) is 15.2 Å². The first-order valence-corrected chi connectivity index (χ1v) is 12.2. The van der Waals surface area contributed by atoms with Crippen LogP contribution in [0.4, 0.5) is 11.4 Å². The third-order valence-electron chi connectivity index (χ3n) is 5.39. The molecule has 2 aromatic carbocycles. The third-order valence-corrected chi connectivity index (χ3v) is 5.98. The van der Waals surface area contributed by atoms with Gasteiger partial charge in [0, 0.05) is 5.69 Å². The zero-order chi connectivity index (χ0) is 25.9. The molecular weight excluding hydrogens is 472 g/mol. The molecule has 1 atom stereocenters. The third kappa shape index (κ3) is 4.97. The maximum atomic E-state index is 13.1. The number of carbonyl (C=O) groups is 2. The summed E-state index contributed by atoms with van der Waals surface area (Å²) in [5, 5.41) is 10.1. The van der Waals surface area contributed by atoms with Crippen molar-refractivity contribution in [2.75, 3.05) is 30.1 Å². The number of esters is 2. The molecule has 0 aliphatic carbocycles. The average Bonchev–Trinajstić information content (AvgIpc) is 2.83. The quantitative estimate of drug-likeness (QED) is 0.574. The van der Waals surface area contributed by atoms with E-state index < -0.39 is 27.9 Å². The number of rotatable bonds is 6. The van der Waals surface area contributed by atoms with Crippen molar-refractivity contribution in [3.05, 3.63) is 82.3 Å². The second-order valence-electron chi connectivity index (χ2n) is 7.71. The zero-order valence-electron chi connectivity index (χ0n) is 19.5. The lowest BCUT2D eigenvalue weighted by Gasteiger charge is -2.36. The number of carbonyl (C=O) groups excluding carboxylic acids is 2. The Morgan fingerprint density at radius 2 is 1.71 bits per heavy atom. The SMILES string of the molecule is COC(=O)C1=C(C(=O)OC)N(c2ccc(C)c(NS(C)(=O)=O)c2)C(N)=C(C#N)C1c1ccccc1. The van der Waals surface area contributed by atoms with E-state index in [1.54, 1.807) is 49.4 Å². The second-order valence-corrected chi connectivity index (χ2v) is 9.46. The summed E-state index contributed by atoms with van der Waals surface area (Å²) in [5.74, 6) is -2.88. The Kier molecular flexibility index (Phi) is 7.17. The summed E-state index contributed by atoms with van der Waals surface area (Å²) in [5.41, 5.74) is 7.64. The minimum Gasteiger partial charge on any atom is -0.466 e. The molecule has 1 unspecified atom stereocenters. The summed E-state index contributed by atoms with van der Waals surface area (Å²) >= 11 is 0. The molecule has 1 aliphatic rings. The Morgan fingerprint density at radius 3 is 2.26 bits per heavy atom. The highest BCUT2D eigenvalue weighted by molar-refractivity contribution is 7.92. The Balaban J connectivity index is 2.39. The van der Waals surface area contributed by atoms with Crippen LogP contribution in [0.25, 0.3) is 0 Å². The fourth-order valence-electron chi connectivity index (χ4n) is 3.84. The van der Waals surface area contributed by atoms with Crippen molar-refractivity contribution in [2.24, 2.45) is 5.73 Å². The van der Waals surface area contributed by atoms with Crippen LogP contribution in [0.15, 0.2) is 71.2 Å². The van der Waals surface area contributed by atoms with Gasteiger partial charge in [0.05, 0.1) is 49.3 Å². The van der Waals surface area contributed by atoms with Crippen LogP contribution in [0.1, 0.15) is 17.0 Å². The summed E-state index contributed by atoms with van der Waals surface area (Å²) in [6.45, 7) is 1.69. The van der Waals surface area contributed by atoms with E-state index in [9.17, 15) is 23.3 Å². The van der Waals surface area contributed by atoms with E-state index in [0.29, 0.717) is 11.1 Å². The van der Waals surface area contributed by atoms with Crippen molar-refractivity contribution < 1.29 is 27.5 Å². The number of sulfonamides is 1. The van der Waals surface area contributed by atoms with E-state index in [-0.39, 0.29) is 34.0 Å². The molecule has 0 bridgehead atoms. The van der Waals surface area contributed by atoms with Gasteiger partial charge in [0.2, 0.25) is 10.0 Å². The molecule has 3 N–H and O–H groups in total. The van der Waals surface area contributed by atoms with Gasteiger partial charge in [0.15, 0.2) is 0 Å². The monoisotopic (exact) mass is 496 g/mol. The van der Waals surface area contributed by atoms with Crippen molar-refractivity contribution in [2.45, 2.75) is 12.8 Å². The first-order chi connectivity index (χ1) is 16.5. The normalized spacial score (nSPS) is 16.0. The number of anilines is 2. The van der Waals surface area contributed by atoms with Crippen molar-refractivity contribution in [3.63, 3.8) is 0 Å². The highest BCUT2D eigenvalue weighted by Gasteiger charge is 2.43. The Morgan fingerprint density at radius 1 is 1.09 bits per heavy atom. The summed E-state index contributed by atoms with van der Waals surface area (Å²) in [4.78, 5) is 27.3. The highest BCUT2D eigenvalue weighted by Crippen LogP contribution is 2.43. The Hall–Kier alpha value is -4.30. The largest absolute Gasteiger partial charge is 0.466 e.